The van der Waals surface area contributed by atoms with E-state index in [-0.39, 0.29) is 17.6 Å². The number of hydrogen-bond donors (Lipinski definition) is 1. The van der Waals surface area contributed by atoms with E-state index in [1.807, 2.05) is 13.8 Å². The number of anilines is 1. The van der Waals surface area contributed by atoms with Gasteiger partial charge in [0.05, 0.1) is 5.69 Å². The van der Waals surface area contributed by atoms with E-state index in [0.717, 1.165) is 0 Å². The maximum atomic E-state index is 13.5. The van der Waals surface area contributed by atoms with Crippen LogP contribution in [-0.4, -0.2) is 47.9 Å². The number of halogens is 1. The van der Waals surface area contributed by atoms with Crippen LogP contribution in [0.1, 0.15) is 20.3 Å². The SMILES string of the molecule is CC(C)CC(=O)N1CCN(C(=O)Nc2ccccc2F)CC1. The minimum Gasteiger partial charge on any atom is -0.339 e. The first-order valence-corrected chi connectivity index (χ1v) is 7.55. The zero-order valence-corrected chi connectivity index (χ0v) is 13.0. The number of hydrogen-bond acceptors (Lipinski definition) is 2. The first kappa shape index (κ1) is 16.3. The first-order valence-electron chi connectivity index (χ1n) is 7.55. The van der Waals surface area contributed by atoms with Gasteiger partial charge in [0.15, 0.2) is 0 Å². The Morgan fingerprint density at radius 3 is 2.32 bits per heavy atom. The highest BCUT2D eigenvalue weighted by Gasteiger charge is 2.24. The van der Waals surface area contributed by atoms with E-state index in [0.29, 0.717) is 38.5 Å². The Kier molecular flexibility index (Phi) is 5.35. The minimum atomic E-state index is -0.457. The van der Waals surface area contributed by atoms with E-state index < -0.39 is 5.82 Å². The Labute approximate surface area is 130 Å². The van der Waals surface area contributed by atoms with Crippen LogP contribution in [0.4, 0.5) is 14.9 Å². The molecule has 0 radical (unpaired) electrons. The fourth-order valence-electron chi connectivity index (χ4n) is 2.39. The smallest absolute Gasteiger partial charge is 0.322 e. The van der Waals surface area contributed by atoms with Gasteiger partial charge in [0.2, 0.25) is 5.91 Å². The quantitative estimate of drug-likeness (QED) is 0.933. The Hall–Kier alpha value is -2.11. The van der Waals surface area contributed by atoms with Crippen molar-refractivity contribution in [1.29, 1.82) is 0 Å². The molecule has 2 rings (SSSR count). The number of rotatable bonds is 3. The first-order chi connectivity index (χ1) is 10.5. The highest BCUT2D eigenvalue weighted by atomic mass is 19.1. The lowest BCUT2D eigenvalue weighted by Gasteiger charge is -2.35. The van der Waals surface area contributed by atoms with Crippen LogP contribution in [0, 0.1) is 11.7 Å². The largest absolute Gasteiger partial charge is 0.339 e. The third-order valence-electron chi connectivity index (χ3n) is 3.62. The Balaban J connectivity index is 1.85. The molecule has 1 fully saturated rings. The second-order valence-electron chi connectivity index (χ2n) is 5.88. The van der Waals surface area contributed by atoms with Crippen LogP contribution >= 0.6 is 0 Å². The average Bonchev–Trinajstić information content (AvgIpc) is 2.49. The number of piperazine rings is 1. The fraction of sp³-hybridized carbons (Fsp3) is 0.500. The van der Waals surface area contributed by atoms with Gasteiger partial charge in [-0.15, -0.1) is 0 Å². The lowest BCUT2D eigenvalue weighted by molar-refractivity contribution is -0.133. The molecule has 0 aliphatic carbocycles. The van der Waals surface area contributed by atoms with Crippen molar-refractivity contribution < 1.29 is 14.0 Å². The van der Waals surface area contributed by atoms with Crippen LogP contribution in [-0.2, 0) is 4.79 Å². The predicted octanol–water partition coefficient (Wildman–Crippen LogP) is 2.55. The van der Waals surface area contributed by atoms with E-state index in [1.54, 1.807) is 21.9 Å². The molecule has 1 aromatic rings. The van der Waals surface area contributed by atoms with Gasteiger partial charge in [-0.25, -0.2) is 9.18 Å². The normalized spacial score (nSPS) is 15.1. The summed E-state index contributed by atoms with van der Waals surface area (Å²) < 4.78 is 13.5. The summed E-state index contributed by atoms with van der Waals surface area (Å²) >= 11 is 0. The molecule has 1 aliphatic rings. The van der Waals surface area contributed by atoms with Crippen molar-refractivity contribution in [3.05, 3.63) is 30.1 Å². The second-order valence-corrected chi connectivity index (χ2v) is 5.88. The lowest BCUT2D eigenvalue weighted by atomic mass is 10.1. The van der Waals surface area contributed by atoms with E-state index in [1.165, 1.54) is 12.1 Å². The summed E-state index contributed by atoms with van der Waals surface area (Å²) in [4.78, 5) is 27.5. The van der Waals surface area contributed by atoms with Crippen molar-refractivity contribution in [3.8, 4) is 0 Å². The molecule has 0 spiro atoms. The van der Waals surface area contributed by atoms with Crippen molar-refractivity contribution in [2.75, 3.05) is 31.5 Å². The lowest BCUT2D eigenvalue weighted by Crippen LogP contribution is -2.51. The zero-order chi connectivity index (χ0) is 16.1. The van der Waals surface area contributed by atoms with Crippen molar-refractivity contribution in [2.45, 2.75) is 20.3 Å². The number of benzene rings is 1. The van der Waals surface area contributed by atoms with Gasteiger partial charge >= 0.3 is 6.03 Å². The fourth-order valence-corrected chi connectivity index (χ4v) is 2.39. The van der Waals surface area contributed by atoms with Gasteiger partial charge in [-0.3, -0.25) is 4.79 Å². The molecular weight excluding hydrogens is 285 g/mol. The molecule has 6 heteroatoms. The van der Waals surface area contributed by atoms with Gasteiger partial charge < -0.3 is 15.1 Å². The maximum Gasteiger partial charge on any atom is 0.322 e. The average molecular weight is 307 g/mol. The number of carbonyl (C=O) groups excluding carboxylic acids is 2. The number of urea groups is 1. The van der Waals surface area contributed by atoms with Crippen LogP contribution in [0.15, 0.2) is 24.3 Å². The molecular formula is C16H22FN3O2. The molecule has 1 N–H and O–H groups in total. The highest BCUT2D eigenvalue weighted by Crippen LogP contribution is 2.14. The van der Waals surface area contributed by atoms with Gasteiger partial charge in [0.1, 0.15) is 5.82 Å². The summed E-state index contributed by atoms with van der Waals surface area (Å²) in [6, 6.07) is 5.74. The number of carbonyl (C=O) groups is 2. The molecule has 120 valence electrons. The molecule has 1 saturated heterocycles. The molecule has 0 bridgehead atoms. The summed E-state index contributed by atoms with van der Waals surface area (Å²) in [6.45, 7) is 5.99. The van der Waals surface area contributed by atoms with Gasteiger partial charge in [0.25, 0.3) is 0 Å². The van der Waals surface area contributed by atoms with E-state index in [2.05, 4.69) is 5.32 Å². The predicted molar refractivity (Wildman–Crippen MR) is 83.0 cm³/mol. The molecule has 1 heterocycles. The highest BCUT2D eigenvalue weighted by molar-refractivity contribution is 5.89. The Morgan fingerprint density at radius 1 is 1.14 bits per heavy atom. The summed E-state index contributed by atoms with van der Waals surface area (Å²) in [5.41, 5.74) is 0.172. The molecule has 5 nitrogen and oxygen atoms in total. The number of nitrogens with zero attached hydrogens (tertiary/aromatic N) is 2. The Bertz CT molecular complexity index is 540. The number of para-hydroxylation sites is 1. The molecule has 0 unspecified atom stereocenters. The van der Waals surface area contributed by atoms with Gasteiger partial charge in [-0.05, 0) is 18.1 Å². The summed E-state index contributed by atoms with van der Waals surface area (Å²) in [5, 5.41) is 2.56. The number of nitrogens with one attached hydrogen (secondary N) is 1. The molecule has 1 aromatic carbocycles. The molecule has 0 aromatic heterocycles. The van der Waals surface area contributed by atoms with Gasteiger partial charge in [0, 0.05) is 32.6 Å². The van der Waals surface area contributed by atoms with Crippen molar-refractivity contribution in [2.24, 2.45) is 5.92 Å². The standard InChI is InChI=1S/C16H22FN3O2/c1-12(2)11-15(21)19-7-9-20(10-8-19)16(22)18-14-6-4-3-5-13(14)17/h3-6,12H,7-11H2,1-2H3,(H,18,22). The summed E-state index contributed by atoms with van der Waals surface area (Å²) in [6.07, 6.45) is 0.529. The summed E-state index contributed by atoms with van der Waals surface area (Å²) in [7, 11) is 0. The van der Waals surface area contributed by atoms with Gasteiger partial charge in [-0.1, -0.05) is 26.0 Å². The van der Waals surface area contributed by atoms with E-state index >= 15 is 0 Å². The van der Waals surface area contributed by atoms with Crippen LogP contribution in [0.2, 0.25) is 0 Å². The van der Waals surface area contributed by atoms with Crippen molar-refractivity contribution in [1.82, 2.24) is 9.80 Å². The van der Waals surface area contributed by atoms with Crippen LogP contribution in [0.5, 0.6) is 0 Å². The third-order valence-corrected chi connectivity index (χ3v) is 3.62. The third kappa shape index (κ3) is 4.19. The second kappa shape index (κ2) is 7.24. The topological polar surface area (TPSA) is 52.7 Å². The van der Waals surface area contributed by atoms with Gasteiger partial charge in [-0.2, -0.15) is 0 Å². The maximum absolute atomic E-state index is 13.5. The molecule has 22 heavy (non-hydrogen) atoms. The van der Waals surface area contributed by atoms with E-state index in [4.69, 9.17) is 0 Å². The van der Waals surface area contributed by atoms with Crippen molar-refractivity contribution >= 4 is 17.6 Å². The molecule has 0 saturated carbocycles. The van der Waals surface area contributed by atoms with E-state index in [9.17, 15) is 14.0 Å². The number of amides is 3. The molecule has 3 amide bonds. The molecule has 1 aliphatic heterocycles. The minimum absolute atomic E-state index is 0.129. The van der Waals surface area contributed by atoms with Crippen LogP contribution in [0.3, 0.4) is 0 Å². The van der Waals surface area contributed by atoms with Crippen LogP contribution < -0.4 is 5.32 Å². The Morgan fingerprint density at radius 2 is 1.73 bits per heavy atom. The monoisotopic (exact) mass is 307 g/mol. The van der Waals surface area contributed by atoms with Crippen LogP contribution in [0.25, 0.3) is 0 Å². The van der Waals surface area contributed by atoms with Crippen molar-refractivity contribution in [3.63, 3.8) is 0 Å². The zero-order valence-electron chi connectivity index (χ0n) is 13.0. The summed E-state index contributed by atoms with van der Waals surface area (Å²) in [5.74, 6) is 0.000596. The molecule has 0 atom stereocenters.